The van der Waals surface area contributed by atoms with Crippen molar-refractivity contribution in [3.8, 4) is 0 Å². The zero-order valence-corrected chi connectivity index (χ0v) is 8.64. The maximum absolute atomic E-state index is 4.99. The monoisotopic (exact) mass is 174 g/mol. The minimum Gasteiger partial charge on any atom is -0.385 e. The van der Waals surface area contributed by atoms with Gasteiger partial charge < -0.3 is 9.47 Å². The van der Waals surface area contributed by atoms with E-state index in [9.17, 15) is 0 Å². The van der Waals surface area contributed by atoms with Crippen molar-refractivity contribution in [1.82, 2.24) is 0 Å². The van der Waals surface area contributed by atoms with Gasteiger partial charge in [0.15, 0.2) is 0 Å². The number of ether oxygens (including phenoxy) is 2. The lowest BCUT2D eigenvalue weighted by Crippen LogP contribution is -2.00. The second-order valence-corrected chi connectivity index (χ2v) is 3.38. The van der Waals surface area contributed by atoms with Crippen molar-refractivity contribution in [2.75, 3.05) is 27.4 Å². The quantitative estimate of drug-likeness (QED) is 0.526. The van der Waals surface area contributed by atoms with E-state index >= 15 is 0 Å². The molecule has 0 amide bonds. The molecule has 74 valence electrons. The van der Waals surface area contributed by atoms with Crippen molar-refractivity contribution in [1.29, 1.82) is 0 Å². The van der Waals surface area contributed by atoms with Crippen molar-refractivity contribution in [3.05, 3.63) is 0 Å². The Morgan fingerprint density at radius 1 is 0.917 bits per heavy atom. The van der Waals surface area contributed by atoms with Crippen molar-refractivity contribution in [2.24, 2.45) is 5.92 Å². The highest BCUT2D eigenvalue weighted by Crippen LogP contribution is 2.12. The molecule has 0 aliphatic heterocycles. The SMILES string of the molecule is COCCCC(C)CCCOC. The molecule has 0 aromatic rings. The fraction of sp³-hybridized carbons (Fsp3) is 1.00. The van der Waals surface area contributed by atoms with Crippen molar-refractivity contribution >= 4 is 0 Å². The second kappa shape index (κ2) is 9.01. The largest absolute Gasteiger partial charge is 0.385 e. The summed E-state index contributed by atoms with van der Waals surface area (Å²) in [6, 6.07) is 0. The summed E-state index contributed by atoms with van der Waals surface area (Å²) < 4.78 is 9.99. The van der Waals surface area contributed by atoms with E-state index in [0.717, 1.165) is 19.1 Å². The Hall–Kier alpha value is -0.0800. The van der Waals surface area contributed by atoms with Crippen LogP contribution in [0.3, 0.4) is 0 Å². The molecule has 0 atom stereocenters. The van der Waals surface area contributed by atoms with Crippen LogP contribution in [0.2, 0.25) is 0 Å². The Bertz CT molecular complexity index is 73.9. The van der Waals surface area contributed by atoms with Gasteiger partial charge in [-0.3, -0.25) is 0 Å². The molecule has 0 aliphatic carbocycles. The van der Waals surface area contributed by atoms with E-state index in [1.807, 2.05) is 0 Å². The highest BCUT2D eigenvalue weighted by Gasteiger charge is 2.00. The van der Waals surface area contributed by atoms with Gasteiger partial charge in [0.25, 0.3) is 0 Å². The zero-order valence-electron chi connectivity index (χ0n) is 8.64. The predicted octanol–water partition coefficient (Wildman–Crippen LogP) is 2.48. The van der Waals surface area contributed by atoms with Crippen molar-refractivity contribution in [3.63, 3.8) is 0 Å². The summed E-state index contributed by atoms with van der Waals surface area (Å²) in [6.07, 6.45) is 4.92. The van der Waals surface area contributed by atoms with Gasteiger partial charge in [-0.15, -0.1) is 0 Å². The smallest absolute Gasteiger partial charge is 0.0462 e. The Morgan fingerprint density at radius 3 is 1.67 bits per heavy atom. The Kier molecular flexibility index (Phi) is 8.95. The van der Waals surface area contributed by atoms with E-state index in [1.165, 1.54) is 25.7 Å². The van der Waals surface area contributed by atoms with Gasteiger partial charge in [0.05, 0.1) is 0 Å². The molecule has 0 bridgehead atoms. The molecule has 0 spiro atoms. The minimum absolute atomic E-state index is 0.815. The molecule has 0 saturated heterocycles. The summed E-state index contributed by atoms with van der Waals surface area (Å²) in [5.41, 5.74) is 0. The van der Waals surface area contributed by atoms with E-state index in [1.54, 1.807) is 14.2 Å². The summed E-state index contributed by atoms with van der Waals surface area (Å²) in [6.45, 7) is 4.09. The van der Waals surface area contributed by atoms with Gasteiger partial charge in [-0.25, -0.2) is 0 Å². The lowest BCUT2D eigenvalue weighted by atomic mass is 10.0. The Labute approximate surface area is 76.3 Å². The standard InChI is InChI=1S/C10H22O2/c1-10(6-4-8-11-2)7-5-9-12-3/h10H,4-9H2,1-3H3. The molecule has 0 fully saturated rings. The molecule has 0 aliphatic rings. The fourth-order valence-corrected chi connectivity index (χ4v) is 1.30. The molecule has 2 nitrogen and oxygen atoms in total. The van der Waals surface area contributed by atoms with Crippen LogP contribution in [0.4, 0.5) is 0 Å². The van der Waals surface area contributed by atoms with Crippen LogP contribution in [0.25, 0.3) is 0 Å². The average molecular weight is 174 g/mol. The van der Waals surface area contributed by atoms with Crippen LogP contribution in [0.1, 0.15) is 32.6 Å². The van der Waals surface area contributed by atoms with Gasteiger partial charge >= 0.3 is 0 Å². The van der Waals surface area contributed by atoms with Crippen LogP contribution < -0.4 is 0 Å². The van der Waals surface area contributed by atoms with Gasteiger partial charge in [0.1, 0.15) is 0 Å². The Morgan fingerprint density at radius 2 is 1.33 bits per heavy atom. The van der Waals surface area contributed by atoms with Crippen LogP contribution >= 0.6 is 0 Å². The third-order valence-corrected chi connectivity index (χ3v) is 2.09. The Balaban J connectivity index is 3.04. The van der Waals surface area contributed by atoms with Gasteiger partial charge in [-0.05, 0) is 31.6 Å². The first-order valence-corrected chi connectivity index (χ1v) is 4.79. The molecule has 0 aromatic carbocycles. The third-order valence-electron chi connectivity index (χ3n) is 2.09. The number of hydrogen-bond donors (Lipinski definition) is 0. The molecule has 0 rings (SSSR count). The van der Waals surface area contributed by atoms with Gasteiger partial charge in [-0.1, -0.05) is 6.92 Å². The lowest BCUT2D eigenvalue weighted by molar-refractivity contribution is 0.176. The molecule has 0 unspecified atom stereocenters. The minimum atomic E-state index is 0.815. The normalized spacial score (nSPS) is 11.0. The van der Waals surface area contributed by atoms with Crippen molar-refractivity contribution < 1.29 is 9.47 Å². The van der Waals surface area contributed by atoms with E-state index in [2.05, 4.69) is 6.92 Å². The van der Waals surface area contributed by atoms with Crippen LogP contribution in [0.15, 0.2) is 0 Å². The zero-order chi connectivity index (χ0) is 9.23. The van der Waals surface area contributed by atoms with Gasteiger partial charge in [-0.2, -0.15) is 0 Å². The first kappa shape index (κ1) is 11.9. The second-order valence-electron chi connectivity index (χ2n) is 3.38. The summed E-state index contributed by atoms with van der Waals surface area (Å²) in [4.78, 5) is 0. The topological polar surface area (TPSA) is 18.5 Å². The van der Waals surface area contributed by atoms with E-state index in [4.69, 9.17) is 9.47 Å². The average Bonchev–Trinajstić information content (AvgIpc) is 2.06. The molecule has 12 heavy (non-hydrogen) atoms. The number of hydrogen-bond acceptors (Lipinski definition) is 2. The summed E-state index contributed by atoms with van der Waals surface area (Å²) in [7, 11) is 3.52. The molecule has 0 saturated carbocycles. The van der Waals surface area contributed by atoms with Gasteiger partial charge in [0.2, 0.25) is 0 Å². The first-order valence-electron chi connectivity index (χ1n) is 4.79. The first-order chi connectivity index (χ1) is 5.81. The van der Waals surface area contributed by atoms with Gasteiger partial charge in [0, 0.05) is 27.4 Å². The highest BCUT2D eigenvalue weighted by atomic mass is 16.5. The fourth-order valence-electron chi connectivity index (χ4n) is 1.30. The molecule has 0 radical (unpaired) electrons. The van der Waals surface area contributed by atoms with Crippen molar-refractivity contribution in [2.45, 2.75) is 32.6 Å². The molecule has 2 heteroatoms. The maximum Gasteiger partial charge on any atom is 0.0462 e. The number of methoxy groups -OCH3 is 2. The predicted molar refractivity (Wildman–Crippen MR) is 51.4 cm³/mol. The van der Waals surface area contributed by atoms with Crippen LogP contribution in [-0.2, 0) is 9.47 Å². The van der Waals surface area contributed by atoms with Crippen LogP contribution in [0.5, 0.6) is 0 Å². The molecular formula is C10H22O2. The summed E-state index contributed by atoms with van der Waals surface area (Å²) >= 11 is 0. The summed E-state index contributed by atoms with van der Waals surface area (Å²) in [5, 5.41) is 0. The molecule has 0 heterocycles. The molecule has 0 aromatic heterocycles. The highest BCUT2D eigenvalue weighted by molar-refractivity contribution is 4.53. The van der Waals surface area contributed by atoms with Crippen LogP contribution in [0, 0.1) is 5.92 Å². The summed E-state index contributed by atoms with van der Waals surface area (Å²) in [5.74, 6) is 0.815. The third kappa shape index (κ3) is 8.02. The molecular weight excluding hydrogens is 152 g/mol. The lowest BCUT2D eigenvalue weighted by Gasteiger charge is -2.09. The van der Waals surface area contributed by atoms with E-state index < -0.39 is 0 Å². The van der Waals surface area contributed by atoms with E-state index in [-0.39, 0.29) is 0 Å². The van der Waals surface area contributed by atoms with Crippen LogP contribution in [-0.4, -0.2) is 27.4 Å². The molecule has 0 N–H and O–H groups in total. The number of rotatable bonds is 8. The van der Waals surface area contributed by atoms with E-state index in [0.29, 0.717) is 0 Å². The maximum atomic E-state index is 4.99.